The molecular formula is C20H32N4O5. The highest BCUT2D eigenvalue weighted by atomic mass is 16.5. The van der Waals surface area contributed by atoms with Crippen molar-refractivity contribution in [2.75, 3.05) is 20.2 Å². The Morgan fingerprint density at radius 2 is 1.90 bits per heavy atom. The summed E-state index contributed by atoms with van der Waals surface area (Å²) in [6.45, 7) is 11.2. The number of rotatable bonds is 8. The molecule has 1 rings (SSSR count). The van der Waals surface area contributed by atoms with Gasteiger partial charge in [-0.3, -0.25) is 9.59 Å². The predicted octanol–water partition coefficient (Wildman–Crippen LogP) is 0.721. The van der Waals surface area contributed by atoms with E-state index in [1.54, 1.807) is 27.7 Å². The maximum atomic E-state index is 13.1. The van der Waals surface area contributed by atoms with E-state index in [1.165, 1.54) is 24.2 Å². The van der Waals surface area contributed by atoms with E-state index in [0.29, 0.717) is 13.0 Å². The van der Waals surface area contributed by atoms with Crippen molar-refractivity contribution in [3.8, 4) is 0 Å². The molecule has 1 aliphatic heterocycles. The van der Waals surface area contributed by atoms with Crippen LogP contribution in [0.25, 0.3) is 0 Å². The van der Waals surface area contributed by atoms with Gasteiger partial charge in [0.2, 0.25) is 11.8 Å². The van der Waals surface area contributed by atoms with Crippen LogP contribution in [0.2, 0.25) is 0 Å². The lowest BCUT2D eigenvalue weighted by Crippen LogP contribution is -2.58. The minimum atomic E-state index is -0.946. The lowest BCUT2D eigenvalue weighted by Gasteiger charge is -2.29. The lowest BCUT2D eigenvalue weighted by molar-refractivity contribution is -0.147. The molecule has 1 saturated heterocycles. The van der Waals surface area contributed by atoms with Crippen molar-refractivity contribution < 1.29 is 23.9 Å². The predicted molar refractivity (Wildman–Crippen MR) is 109 cm³/mol. The molecule has 0 aromatic rings. The second-order valence-electron chi connectivity index (χ2n) is 7.49. The number of carbonyl (C=O) groups is 4. The van der Waals surface area contributed by atoms with E-state index in [9.17, 15) is 19.2 Å². The lowest BCUT2D eigenvalue weighted by atomic mass is 10.0. The van der Waals surface area contributed by atoms with E-state index in [1.807, 2.05) is 0 Å². The van der Waals surface area contributed by atoms with E-state index in [0.717, 1.165) is 5.57 Å². The maximum absolute atomic E-state index is 13.1. The first-order chi connectivity index (χ1) is 13.6. The van der Waals surface area contributed by atoms with Crippen LogP contribution in [-0.4, -0.2) is 67.0 Å². The van der Waals surface area contributed by atoms with Gasteiger partial charge in [-0.15, -0.1) is 6.58 Å². The molecule has 1 fully saturated rings. The molecule has 3 N–H and O–H groups in total. The molecule has 1 aliphatic rings. The number of urea groups is 1. The van der Waals surface area contributed by atoms with Crippen molar-refractivity contribution in [1.29, 1.82) is 0 Å². The molecule has 0 aliphatic carbocycles. The van der Waals surface area contributed by atoms with Gasteiger partial charge >= 0.3 is 12.0 Å². The summed E-state index contributed by atoms with van der Waals surface area (Å²) in [5.41, 5.74) is 0.795. The molecule has 162 valence electrons. The summed E-state index contributed by atoms with van der Waals surface area (Å²) in [6.07, 6.45) is 3.39. The number of amides is 4. The number of nitrogens with zero attached hydrogens (tertiary/aromatic N) is 1. The molecule has 3 atom stereocenters. The summed E-state index contributed by atoms with van der Waals surface area (Å²) in [5.74, 6) is -1.62. The normalized spacial score (nSPS) is 19.2. The van der Waals surface area contributed by atoms with Crippen LogP contribution in [0.4, 0.5) is 4.79 Å². The molecule has 0 unspecified atom stereocenters. The van der Waals surface area contributed by atoms with Gasteiger partial charge in [0.1, 0.15) is 12.1 Å². The summed E-state index contributed by atoms with van der Waals surface area (Å²) in [7, 11) is 1.25. The highest BCUT2D eigenvalue weighted by molar-refractivity contribution is 5.96. The first-order valence-electron chi connectivity index (χ1n) is 9.61. The van der Waals surface area contributed by atoms with Gasteiger partial charge in [-0.05, 0) is 26.2 Å². The highest BCUT2D eigenvalue weighted by Gasteiger charge is 2.43. The van der Waals surface area contributed by atoms with Crippen molar-refractivity contribution in [2.45, 2.75) is 52.2 Å². The van der Waals surface area contributed by atoms with Gasteiger partial charge in [-0.25, -0.2) is 9.59 Å². The Bertz CT molecular complexity index is 670. The SMILES string of the molecule is C=CCNC(=O)N[C@H]1CCN(C(=O)C=C(C)C)[C@@H]1C(=O)N[C@@H](C(=O)OC)C(C)C. The Morgan fingerprint density at radius 3 is 2.41 bits per heavy atom. The molecule has 0 spiro atoms. The van der Waals surface area contributed by atoms with Crippen LogP contribution in [-0.2, 0) is 19.1 Å². The molecule has 0 saturated carbocycles. The zero-order valence-corrected chi connectivity index (χ0v) is 17.8. The minimum Gasteiger partial charge on any atom is -0.467 e. The summed E-state index contributed by atoms with van der Waals surface area (Å²) in [5, 5.41) is 8.01. The molecule has 0 radical (unpaired) electrons. The molecule has 0 aromatic carbocycles. The third-order valence-corrected chi connectivity index (χ3v) is 4.50. The molecule has 29 heavy (non-hydrogen) atoms. The molecule has 1 heterocycles. The maximum Gasteiger partial charge on any atom is 0.328 e. The fourth-order valence-corrected chi connectivity index (χ4v) is 3.09. The van der Waals surface area contributed by atoms with Gasteiger partial charge in [-0.1, -0.05) is 25.5 Å². The fraction of sp³-hybridized carbons (Fsp3) is 0.600. The topological polar surface area (TPSA) is 117 Å². The van der Waals surface area contributed by atoms with E-state index >= 15 is 0 Å². The van der Waals surface area contributed by atoms with Crippen LogP contribution in [0.1, 0.15) is 34.1 Å². The van der Waals surface area contributed by atoms with Crippen molar-refractivity contribution in [1.82, 2.24) is 20.9 Å². The Hall–Kier alpha value is -2.84. The zero-order valence-electron chi connectivity index (χ0n) is 17.8. The van der Waals surface area contributed by atoms with Gasteiger partial charge in [0.05, 0.1) is 13.2 Å². The molecule has 0 aromatic heterocycles. The number of esters is 1. The van der Waals surface area contributed by atoms with E-state index in [2.05, 4.69) is 22.5 Å². The van der Waals surface area contributed by atoms with Crippen LogP contribution in [0.15, 0.2) is 24.3 Å². The summed E-state index contributed by atoms with van der Waals surface area (Å²) in [6, 6.07) is -2.86. The molecule has 4 amide bonds. The van der Waals surface area contributed by atoms with Gasteiger partial charge in [0.15, 0.2) is 0 Å². The molecular weight excluding hydrogens is 376 g/mol. The largest absolute Gasteiger partial charge is 0.467 e. The van der Waals surface area contributed by atoms with Crippen molar-refractivity contribution >= 4 is 23.8 Å². The Labute approximate surface area is 171 Å². The number of carbonyl (C=O) groups excluding carboxylic acids is 4. The number of hydrogen-bond acceptors (Lipinski definition) is 5. The zero-order chi connectivity index (χ0) is 22.1. The standard InChI is InChI=1S/C20H32N4O5/c1-7-9-21-20(28)22-14-8-10-24(15(25)11-12(2)3)17(14)18(26)23-16(13(4)5)19(27)29-6/h7,11,13-14,16-17H,1,8-10H2,2-6H3,(H,23,26)(H2,21,22,28)/t14-,16+,17-/m0/s1. The van der Waals surface area contributed by atoms with Crippen LogP contribution in [0.3, 0.4) is 0 Å². The van der Waals surface area contributed by atoms with Crippen LogP contribution >= 0.6 is 0 Å². The molecule has 9 heteroatoms. The van der Waals surface area contributed by atoms with E-state index in [-0.39, 0.29) is 18.4 Å². The van der Waals surface area contributed by atoms with Crippen molar-refractivity contribution in [3.63, 3.8) is 0 Å². The fourth-order valence-electron chi connectivity index (χ4n) is 3.09. The first kappa shape index (κ1) is 24.2. The van der Waals surface area contributed by atoms with Crippen LogP contribution in [0, 0.1) is 5.92 Å². The monoisotopic (exact) mass is 408 g/mol. The average Bonchev–Trinajstić information content (AvgIpc) is 3.06. The van der Waals surface area contributed by atoms with Crippen LogP contribution < -0.4 is 16.0 Å². The van der Waals surface area contributed by atoms with Gasteiger partial charge in [0, 0.05) is 19.2 Å². The molecule has 0 bridgehead atoms. The number of ether oxygens (including phenoxy) is 1. The smallest absolute Gasteiger partial charge is 0.328 e. The number of nitrogens with one attached hydrogen (secondary N) is 3. The minimum absolute atomic E-state index is 0.211. The number of likely N-dealkylation sites (tertiary alicyclic amines) is 1. The third kappa shape index (κ3) is 6.92. The number of allylic oxidation sites excluding steroid dienone is 1. The van der Waals surface area contributed by atoms with Gasteiger partial charge in [0.25, 0.3) is 0 Å². The highest BCUT2D eigenvalue weighted by Crippen LogP contribution is 2.20. The summed E-state index contributed by atoms with van der Waals surface area (Å²) in [4.78, 5) is 51.2. The number of methoxy groups -OCH3 is 1. The first-order valence-corrected chi connectivity index (χ1v) is 9.61. The quantitative estimate of drug-likeness (QED) is 0.311. The summed E-state index contributed by atoms with van der Waals surface area (Å²) < 4.78 is 4.77. The molecule has 9 nitrogen and oxygen atoms in total. The second-order valence-corrected chi connectivity index (χ2v) is 7.49. The van der Waals surface area contributed by atoms with Crippen molar-refractivity contribution in [3.05, 3.63) is 24.3 Å². The van der Waals surface area contributed by atoms with Gasteiger partial charge in [-0.2, -0.15) is 0 Å². The third-order valence-electron chi connectivity index (χ3n) is 4.50. The Balaban J connectivity index is 3.09. The van der Waals surface area contributed by atoms with Crippen LogP contribution in [0.5, 0.6) is 0 Å². The Kier molecular flexibility index (Phi) is 9.37. The number of hydrogen-bond donors (Lipinski definition) is 3. The van der Waals surface area contributed by atoms with Crippen molar-refractivity contribution in [2.24, 2.45) is 5.92 Å². The summed E-state index contributed by atoms with van der Waals surface area (Å²) >= 11 is 0. The Morgan fingerprint density at radius 1 is 1.24 bits per heavy atom. The van der Waals surface area contributed by atoms with Gasteiger partial charge < -0.3 is 25.6 Å². The van der Waals surface area contributed by atoms with E-state index < -0.39 is 36.0 Å². The average molecular weight is 408 g/mol. The second kappa shape index (κ2) is 11.2. The van der Waals surface area contributed by atoms with E-state index in [4.69, 9.17) is 4.74 Å².